The lowest BCUT2D eigenvalue weighted by molar-refractivity contribution is 0.106. The fraction of sp³-hybridized carbons (Fsp3) is 0.341. The number of halogens is 2. The maximum Gasteiger partial charge on any atom is 0.131 e. The standard InChI is InChI=1S/C91H98F2N4O4/c1-13-71(100-85-33-31-65(92)49-76(85)75-54-79(91(11,12)57-89(6,7)8)73(55-84(75)98)62-43-67(94-39-35-58-23-15-19-27-80(58)94)51-68(44-62)95-40-36-59-24-16-20-28-81(59)95)53-72(14-2)101-86-34-32-66(93)50-77(86)78-48-64(90(9,10)56-88(3,4)5)47-74(87(78)99)63-45-69(96-41-37-60-25-17-21-29-82(60)96)52-70(46-63)97-42-38-61-26-18-22-30-83(61)97/h15-34,43-52,54-55,71-72,98-99H,13-14,35-42,53,56-57H2,1-12H3/t71-,72+/m1/s1. The van der Waals surface area contributed by atoms with Gasteiger partial charge in [-0.3, -0.25) is 0 Å². The number of aromatic hydroxyl groups is 2. The van der Waals surface area contributed by atoms with Crippen molar-refractivity contribution in [2.75, 3.05) is 45.8 Å². The molecule has 0 bridgehead atoms. The Labute approximate surface area is 597 Å². The number of fused-ring (bicyclic) bond motifs is 4. The molecule has 0 fully saturated rings. The van der Waals surface area contributed by atoms with Crippen LogP contribution in [-0.2, 0) is 36.5 Å². The summed E-state index contributed by atoms with van der Waals surface area (Å²) in [5, 5.41) is 26.0. The molecule has 0 amide bonds. The minimum absolute atomic E-state index is 0.0163. The van der Waals surface area contributed by atoms with Crippen molar-refractivity contribution in [3.63, 3.8) is 0 Å². The lowest BCUT2D eigenvalue weighted by Crippen LogP contribution is -2.27. The van der Waals surface area contributed by atoms with Crippen molar-refractivity contribution < 1.29 is 28.5 Å². The Balaban J connectivity index is 0.822. The molecular weight excluding hydrogens is 1250 g/mol. The summed E-state index contributed by atoms with van der Waals surface area (Å²) < 4.78 is 46.7. The van der Waals surface area contributed by atoms with E-state index in [1.807, 2.05) is 12.1 Å². The molecule has 10 aromatic carbocycles. The molecule has 520 valence electrons. The highest BCUT2D eigenvalue weighted by atomic mass is 19.1. The topological polar surface area (TPSA) is 71.9 Å². The molecule has 0 unspecified atom stereocenters. The molecular formula is C91H98F2N4O4. The van der Waals surface area contributed by atoms with Crippen LogP contribution in [0.4, 0.5) is 54.3 Å². The van der Waals surface area contributed by atoms with Gasteiger partial charge in [0.1, 0.15) is 46.8 Å². The highest BCUT2D eigenvalue weighted by Crippen LogP contribution is 2.53. The van der Waals surface area contributed by atoms with Crippen LogP contribution in [0.3, 0.4) is 0 Å². The van der Waals surface area contributed by atoms with E-state index in [1.54, 1.807) is 12.1 Å². The Hall–Kier alpha value is -9.54. The van der Waals surface area contributed by atoms with Crippen molar-refractivity contribution in [3.8, 4) is 67.5 Å². The van der Waals surface area contributed by atoms with E-state index < -0.39 is 29.3 Å². The molecule has 4 aliphatic rings. The predicted octanol–water partition coefficient (Wildman–Crippen LogP) is 23.7. The zero-order valence-corrected chi connectivity index (χ0v) is 61.1. The monoisotopic (exact) mass is 1350 g/mol. The summed E-state index contributed by atoms with van der Waals surface area (Å²) in [5.41, 5.74) is 20.6. The van der Waals surface area contributed by atoms with Gasteiger partial charge in [-0.15, -0.1) is 0 Å². The Morgan fingerprint density at radius 1 is 0.386 bits per heavy atom. The van der Waals surface area contributed by atoms with Gasteiger partial charge in [-0.05, 0) is 244 Å². The summed E-state index contributed by atoms with van der Waals surface area (Å²) in [6, 6.07) is 65.6. The van der Waals surface area contributed by atoms with Gasteiger partial charge in [0.2, 0.25) is 0 Å². The van der Waals surface area contributed by atoms with Crippen molar-refractivity contribution >= 4 is 45.5 Å². The number of rotatable bonds is 20. The zero-order chi connectivity index (χ0) is 70.9. The Bertz CT molecular complexity index is 4620. The van der Waals surface area contributed by atoms with Gasteiger partial charge < -0.3 is 39.3 Å². The fourth-order valence-corrected chi connectivity index (χ4v) is 17.3. The Kier molecular flexibility index (Phi) is 18.4. The normalized spacial score (nSPS) is 15.0. The average Bonchev–Trinajstić information content (AvgIpc) is 1.49. The molecule has 2 atom stereocenters. The zero-order valence-electron chi connectivity index (χ0n) is 61.1. The molecule has 0 saturated heterocycles. The number of phenolic OH excluding ortho intramolecular Hbond substituents is 2. The molecule has 0 spiro atoms. The third-order valence-corrected chi connectivity index (χ3v) is 21.4. The van der Waals surface area contributed by atoms with E-state index >= 15 is 8.78 Å². The van der Waals surface area contributed by atoms with Gasteiger partial charge in [0.05, 0.1) is 0 Å². The largest absolute Gasteiger partial charge is 0.507 e. The molecule has 0 aromatic heterocycles. The highest BCUT2D eigenvalue weighted by molar-refractivity contribution is 5.91. The van der Waals surface area contributed by atoms with Crippen LogP contribution in [-0.4, -0.2) is 48.6 Å². The van der Waals surface area contributed by atoms with Crippen molar-refractivity contribution in [2.24, 2.45) is 10.8 Å². The second-order valence-corrected chi connectivity index (χ2v) is 32.5. The van der Waals surface area contributed by atoms with Crippen molar-refractivity contribution in [1.29, 1.82) is 0 Å². The van der Waals surface area contributed by atoms with Crippen molar-refractivity contribution in [2.45, 2.75) is 164 Å². The van der Waals surface area contributed by atoms with E-state index in [-0.39, 0.29) is 27.7 Å². The maximum absolute atomic E-state index is 16.3. The molecule has 2 N–H and O–H groups in total. The summed E-state index contributed by atoms with van der Waals surface area (Å²) in [7, 11) is 0. The number of hydrogen-bond donors (Lipinski definition) is 2. The minimum Gasteiger partial charge on any atom is -0.507 e. The van der Waals surface area contributed by atoms with E-state index in [0.717, 1.165) is 115 Å². The van der Waals surface area contributed by atoms with Gasteiger partial charge >= 0.3 is 0 Å². The molecule has 10 aromatic rings. The van der Waals surface area contributed by atoms with Gasteiger partial charge in [0, 0.05) is 106 Å². The smallest absolute Gasteiger partial charge is 0.131 e. The van der Waals surface area contributed by atoms with E-state index in [9.17, 15) is 10.2 Å². The molecule has 0 saturated carbocycles. The molecule has 8 nitrogen and oxygen atoms in total. The Morgan fingerprint density at radius 3 is 1.15 bits per heavy atom. The number of para-hydroxylation sites is 4. The number of hydrogen-bond acceptors (Lipinski definition) is 8. The van der Waals surface area contributed by atoms with Gasteiger partial charge in [-0.2, -0.15) is 0 Å². The summed E-state index contributed by atoms with van der Waals surface area (Å²) in [6.45, 7) is 30.2. The molecule has 4 aliphatic heterocycles. The number of nitrogens with zero attached hydrogens (tertiary/aromatic N) is 4. The van der Waals surface area contributed by atoms with E-state index in [4.69, 9.17) is 9.47 Å². The van der Waals surface area contributed by atoms with Crippen molar-refractivity contribution in [3.05, 3.63) is 239 Å². The lowest BCUT2D eigenvalue weighted by Gasteiger charge is -2.35. The van der Waals surface area contributed by atoms with Gasteiger partial charge in [-0.25, -0.2) is 8.78 Å². The summed E-state index contributed by atoms with van der Waals surface area (Å²) in [4.78, 5) is 9.65. The third kappa shape index (κ3) is 14.0. The molecule has 14 rings (SSSR count). The molecule has 0 radical (unpaired) electrons. The first-order chi connectivity index (χ1) is 48.3. The van der Waals surface area contributed by atoms with E-state index in [2.05, 4.69) is 248 Å². The fourth-order valence-electron chi connectivity index (χ4n) is 17.3. The number of benzene rings is 10. The van der Waals surface area contributed by atoms with Crippen LogP contribution in [0, 0.1) is 22.5 Å². The van der Waals surface area contributed by atoms with Crippen LogP contribution in [0.5, 0.6) is 23.0 Å². The van der Waals surface area contributed by atoms with Gasteiger partial charge in [0.25, 0.3) is 0 Å². The van der Waals surface area contributed by atoms with E-state index in [0.29, 0.717) is 58.6 Å². The predicted molar refractivity (Wildman–Crippen MR) is 415 cm³/mol. The number of ether oxygens (including phenoxy) is 2. The summed E-state index contributed by atoms with van der Waals surface area (Å²) >= 11 is 0. The molecule has 0 aliphatic carbocycles. The second kappa shape index (κ2) is 27.1. The Morgan fingerprint density at radius 2 is 0.752 bits per heavy atom. The minimum atomic E-state index is -0.454. The number of anilines is 8. The van der Waals surface area contributed by atoms with Crippen LogP contribution in [0.1, 0.15) is 149 Å². The van der Waals surface area contributed by atoms with Crippen LogP contribution in [0.2, 0.25) is 0 Å². The summed E-state index contributed by atoms with van der Waals surface area (Å²) in [5.74, 6) is 0.0167. The number of phenols is 2. The molecule has 10 heteroatoms. The van der Waals surface area contributed by atoms with Crippen LogP contribution in [0.25, 0.3) is 44.5 Å². The SMILES string of the molecule is CC[C@H](C[C@H](CC)Oc1ccc(F)cc1-c1cc(C(C)(C)CC(C)(C)C)cc(-c2cc(N3CCc4ccccc43)cc(N3CCc4ccccc43)c2)c1O)Oc1ccc(F)cc1-c1cc(C(C)(C)CC(C)(C)C)c(-c2cc(N3CCc4ccccc43)cc(N3CCc4ccccc43)c2)cc1O. The average molecular weight is 1350 g/mol. The summed E-state index contributed by atoms with van der Waals surface area (Å²) in [6.07, 6.45) is 6.08. The van der Waals surface area contributed by atoms with Crippen molar-refractivity contribution in [1.82, 2.24) is 0 Å². The first kappa shape index (κ1) is 68.6. The third-order valence-electron chi connectivity index (χ3n) is 21.4. The molecule has 4 heterocycles. The quantitative estimate of drug-likeness (QED) is 0.0782. The highest BCUT2D eigenvalue weighted by Gasteiger charge is 2.36. The lowest BCUT2D eigenvalue weighted by atomic mass is 9.70. The van der Waals surface area contributed by atoms with Crippen LogP contribution >= 0.6 is 0 Å². The van der Waals surface area contributed by atoms with Gasteiger partial charge in [0.15, 0.2) is 0 Å². The van der Waals surface area contributed by atoms with Crippen LogP contribution in [0.15, 0.2) is 194 Å². The van der Waals surface area contributed by atoms with Gasteiger partial charge in [-0.1, -0.05) is 156 Å². The first-order valence-corrected chi connectivity index (χ1v) is 36.7. The molecule has 101 heavy (non-hydrogen) atoms. The van der Waals surface area contributed by atoms with E-state index in [1.165, 1.54) is 69.3 Å². The first-order valence-electron chi connectivity index (χ1n) is 36.7. The second-order valence-electron chi connectivity index (χ2n) is 32.5. The van der Waals surface area contributed by atoms with Crippen LogP contribution < -0.4 is 29.1 Å². The maximum atomic E-state index is 16.3.